The van der Waals surface area contributed by atoms with Gasteiger partial charge in [-0.05, 0) is 134 Å². The van der Waals surface area contributed by atoms with E-state index in [0.29, 0.717) is 5.75 Å². The van der Waals surface area contributed by atoms with Crippen LogP contribution in [-0.2, 0) is 13.0 Å². The van der Waals surface area contributed by atoms with Gasteiger partial charge in [0.15, 0.2) is 0 Å². The third kappa shape index (κ3) is 5.86. The lowest BCUT2D eigenvalue weighted by Crippen LogP contribution is -2.25. The largest absolute Gasteiger partial charge is 0.508 e. The van der Waals surface area contributed by atoms with Crippen LogP contribution in [0.1, 0.15) is 42.4 Å². The quantitative estimate of drug-likeness (QED) is 0.234. The number of rotatable bonds is 9. The summed E-state index contributed by atoms with van der Waals surface area (Å²) < 4.78 is 7.14. The van der Waals surface area contributed by atoms with Crippen molar-refractivity contribution in [3.05, 3.63) is 82.4 Å². The maximum Gasteiger partial charge on any atom is 0.119 e. The molecular weight excluding hydrogens is 512 g/mol. The van der Waals surface area contributed by atoms with Crippen molar-refractivity contribution in [3.63, 3.8) is 0 Å². The lowest BCUT2D eigenvalue weighted by Gasteiger charge is -2.16. The van der Waals surface area contributed by atoms with E-state index in [1.165, 1.54) is 71.3 Å². The number of ether oxygens (including phenoxy) is 1. The average molecular weight is 547 g/mol. The monoisotopic (exact) mass is 546 g/mol. The Kier molecular flexibility index (Phi) is 7.89. The molecule has 38 heavy (non-hydrogen) atoms. The van der Waals surface area contributed by atoms with Crippen molar-refractivity contribution in [2.75, 3.05) is 39.3 Å². The van der Waals surface area contributed by atoms with E-state index in [9.17, 15) is 5.11 Å². The van der Waals surface area contributed by atoms with Crippen molar-refractivity contribution >= 4 is 33.0 Å². The van der Waals surface area contributed by atoms with Crippen LogP contribution < -0.4 is 4.74 Å². The maximum absolute atomic E-state index is 10.1. The van der Waals surface area contributed by atoms with Gasteiger partial charge in [0.25, 0.3) is 0 Å². The lowest BCUT2D eigenvalue weighted by molar-refractivity contribution is 0.238. The predicted octanol–water partition coefficient (Wildman–Crippen LogP) is 7.59. The number of likely N-dealkylation sites (tertiary alicyclic amines) is 2. The summed E-state index contributed by atoms with van der Waals surface area (Å²) in [5, 5.41) is 12.2. The molecule has 0 aliphatic carbocycles. The van der Waals surface area contributed by atoms with E-state index < -0.39 is 0 Å². The molecule has 198 valence electrons. The van der Waals surface area contributed by atoms with Gasteiger partial charge in [0.1, 0.15) is 18.1 Å². The SMILES string of the molecule is Oc1ccc2c(Cc3ccc(CN4CCCC4)c(Cl)c3)c(-c3ccc(OCCN4CCCC4)cc3)sc2c1. The first-order chi connectivity index (χ1) is 18.6. The van der Waals surface area contributed by atoms with E-state index in [1.54, 1.807) is 17.4 Å². The molecule has 0 radical (unpaired) electrons. The summed E-state index contributed by atoms with van der Waals surface area (Å²) in [6.07, 6.45) is 5.96. The standard InChI is InChI=1S/C32H35ClN2O2S/c33-30-20-23(5-6-25(30)22-35-15-3-4-16-35)19-29-28-12-9-26(36)21-31(28)38-32(29)24-7-10-27(11-8-24)37-18-17-34-13-1-2-14-34/h5-12,20-21,36H,1-4,13-19,22H2. The molecule has 3 aromatic carbocycles. The number of benzene rings is 3. The van der Waals surface area contributed by atoms with Crippen LogP contribution in [-0.4, -0.2) is 54.2 Å². The lowest BCUT2D eigenvalue weighted by atomic mass is 9.98. The van der Waals surface area contributed by atoms with Gasteiger partial charge in [0.2, 0.25) is 0 Å². The Bertz CT molecular complexity index is 1390. The number of aromatic hydroxyl groups is 1. The minimum absolute atomic E-state index is 0.299. The number of thiophene rings is 1. The molecule has 4 nitrogen and oxygen atoms in total. The summed E-state index contributed by atoms with van der Waals surface area (Å²) in [7, 11) is 0. The van der Waals surface area contributed by atoms with E-state index >= 15 is 0 Å². The summed E-state index contributed by atoms with van der Waals surface area (Å²) in [5.41, 5.74) is 4.86. The van der Waals surface area contributed by atoms with Crippen LogP contribution >= 0.6 is 22.9 Å². The molecule has 0 unspecified atom stereocenters. The highest BCUT2D eigenvalue weighted by molar-refractivity contribution is 7.22. The third-order valence-corrected chi connectivity index (χ3v) is 9.45. The molecule has 2 aliphatic heterocycles. The van der Waals surface area contributed by atoms with Gasteiger partial charge >= 0.3 is 0 Å². The highest BCUT2D eigenvalue weighted by Gasteiger charge is 2.18. The average Bonchev–Trinajstić information content (AvgIpc) is 3.69. The summed E-state index contributed by atoms with van der Waals surface area (Å²) in [4.78, 5) is 6.18. The predicted molar refractivity (Wildman–Crippen MR) is 159 cm³/mol. The summed E-state index contributed by atoms with van der Waals surface area (Å²) in [6.45, 7) is 7.36. The van der Waals surface area contributed by atoms with Gasteiger partial charge in [0, 0.05) is 27.7 Å². The van der Waals surface area contributed by atoms with Crippen molar-refractivity contribution in [1.29, 1.82) is 0 Å². The molecule has 2 saturated heterocycles. The second-order valence-corrected chi connectivity index (χ2v) is 12.1. The third-order valence-electron chi connectivity index (χ3n) is 7.86. The first-order valence-corrected chi connectivity index (χ1v) is 15.0. The molecule has 3 heterocycles. The number of phenolic OH excluding ortho intramolecular Hbond substituents is 1. The number of nitrogens with zero attached hydrogens (tertiary/aromatic N) is 2. The van der Waals surface area contributed by atoms with E-state index in [1.807, 2.05) is 12.1 Å². The molecule has 4 aromatic rings. The van der Waals surface area contributed by atoms with Crippen LogP contribution in [0.25, 0.3) is 20.5 Å². The fourth-order valence-corrected chi connectivity index (χ4v) is 7.29. The van der Waals surface area contributed by atoms with Crippen LogP contribution in [0.3, 0.4) is 0 Å². The number of halogens is 1. The van der Waals surface area contributed by atoms with Crippen LogP contribution in [0, 0.1) is 0 Å². The van der Waals surface area contributed by atoms with Crippen LogP contribution in [0.15, 0.2) is 60.7 Å². The topological polar surface area (TPSA) is 35.9 Å². The van der Waals surface area contributed by atoms with Gasteiger partial charge in [-0.25, -0.2) is 0 Å². The molecule has 6 rings (SSSR count). The fourth-order valence-electron chi connectivity index (χ4n) is 5.76. The zero-order valence-electron chi connectivity index (χ0n) is 21.8. The molecule has 2 fully saturated rings. The van der Waals surface area contributed by atoms with Crippen molar-refractivity contribution < 1.29 is 9.84 Å². The Balaban J connectivity index is 1.23. The number of fused-ring (bicyclic) bond motifs is 1. The van der Waals surface area contributed by atoms with Crippen molar-refractivity contribution in [2.24, 2.45) is 0 Å². The Hall–Kier alpha value is -2.57. The number of hydrogen-bond acceptors (Lipinski definition) is 5. The van der Waals surface area contributed by atoms with Crippen molar-refractivity contribution in [1.82, 2.24) is 9.80 Å². The normalized spacial score (nSPS) is 16.6. The molecule has 0 atom stereocenters. The van der Waals surface area contributed by atoms with E-state index in [4.69, 9.17) is 16.3 Å². The minimum Gasteiger partial charge on any atom is -0.508 e. The second-order valence-electron chi connectivity index (χ2n) is 10.6. The molecule has 6 heteroatoms. The first kappa shape index (κ1) is 25.7. The molecule has 2 aliphatic rings. The van der Waals surface area contributed by atoms with E-state index in [-0.39, 0.29) is 0 Å². The molecule has 0 spiro atoms. The van der Waals surface area contributed by atoms with Gasteiger partial charge in [-0.15, -0.1) is 11.3 Å². The molecule has 1 aromatic heterocycles. The zero-order chi connectivity index (χ0) is 25.9. The van der Waals surface area contributed by atoms with Crippen molar-refractivity contribution in [3.8, 4) is 21.9 Å². The van der Waals surface area contributed by atoms with E-state index in [2.05, 4.69) is 52.3 Å². The summed E-state index contributed by atoms with van der Waals surface area (Å²) in [5.74, 6) is 1.21. The highest BCUT2D eigenvalue weighted by atomic mass is 35.5. The Morgan fingerprint density at radius 3 is 2.32 bits per heavy atom. The Labute approximate surface area is 234 Å². The summed E-state index contributed by atoms with van der Waals surface area (Å²) >= 11 is 8.50. The van der Waals surface area contributed by atoms with Crippen LogP contribution in [0.5, 0.6) is 11.5 Å². The number of phenols is 1. The molecule has 0 bridgehead atoms. The Morgan fingerprint density at radius 2 is 1.58 bits per heavy atom. The van der Waals surface area contributed by atoms with Gasteiger partial charge in [-0.2, -0.15) is 0 Å². The summed E-state index contributed by atoms with van der Waals surface area (Å²) in [6, 6.07) is 20.7. The van der Waals surface area contributed by atoms with Crippen LogP contribution in [0.4, 0.5) is 0 Å². The van der Waals surface area contributed by atoms with E-state index in [0.717, 1.165) is 54.7 Å². The van der Waals surface area contributed by atoms with Crippen molar-refractivity contribution in [2.45, 2.75) is 38.6 Å². The Morgan fingerprint density at radius 1 is 0.842 bits per heavy atom. The van der Waals surface area contributed by atoms with Crippen LogP contribution in [0.2, 0.25) is 5.02 Å². The smallest absolute Gasteiger partial charge is 0.119 e. The second kappa shape index (κ2) is 11.7. The molecule has 1 N–H and O–H groups in total. The van der Waals surface area contributed by atoms with Gasteiger partial charge < -0.3 is 9.84 Å². The number of hydrogen-bond donors (Lipinski definition) is 1. The highest BCUT2D eigenvalue weighted by Crippen LogP contribution is 2.41. The molecule has 0 amide bonds. The molecule has 0 saturated carbocycles. The maximum atomic E-state index is 10.1. The fraction of sp³-hybridized carbons (Fsp3) is 0.375. The van der Waals surface area contributed by atoms with Gasteiger partial charge in [-0.3, -0.25) is 9.80 Å². The van der Waals surface area contributed by atoms with Gasteiger partial charge in [-0.1, -0.05) is 23.7 Å². The van der Waals surface area contributed by atoms with Gasteiger partial charge in [0.05, 0.1) is 0 Å². The first-order valence-electron chi connectivity index (χ1n) is 13.8. The molecular formula is C32H35ClN2O2S. The zero-order valence-corrected chi connectivity index (χ0v) is 23.4. The minimum atomic E-state index is 0.299.